The lowest BCUT2D eigenvalue weighted by Gasteiger charge is -2.38. The van der Waals surface area contributed by atoms with Crippen molar-refractivity contribution in [2.24, 2.45) is 0 Å². The van der Waals surface area contributed by atoms with Crippen LogP contribution in [0.1, 0.15) is 22.8 Å². The van der Waals surface area contributed by atoms with Crippen LogP contribution >= 0.6 is 11.6 Å². The summed E-state index contributed by atoms with van der Waals surface area (Å²) >= 11 is 6.41. The van der Waals surface area contributed by atoms with Crippen molar-refractivity contribution in [2.75, 3.05) is 19.7 Å². The van der Waals surface area contributed by atoms with Gasteiger partial charge in [0.15, 0.2) is 0 Å². The van der Waals surface area contributed by atoms with E-state index in [-0.39, 0.29) is 6.10 Å². The number of hydrogen-bond donors (Lipinski definition) is 0. The predicted molar refractivity (Wildman–Crippen MR) is 112 cm³/mol. The first-order valence-electron chi connectivity index (χ1n) is 9.87. The van der Waals surface area contributed by atoms with Gasteiger partial charge < -0.3 is 14.4 Å². The molecule has 1 fully saturated rings. The topological polar surface area (TPSA) is 55.8 Å². The summed E-state index contributed by atoms with van der Waals surface area (Å²) in [6.07, 6.45) is 3.23. The number of likely N-dealkylation sites (tertiary alicyclic amines) is 1. The zero-order valence-corrected chi connectivity index (χ0v) is 17.5. The van der Waals surface area contributed by atoms with Crippen molar-refractivity contribution in [2.45, 2.75) is 25.4 Å². The number of esters is 1. The molecule has 0 bridgehead atoms. The number of nitrogens with zero attached hydrogens (tertiary/aromatic N) is 1. The van der Waals surface area contributed by atoms with E-state index in [0.29, 0.717) is 29.4 Å². The van der Waals surface area contributed by atoms with E-state index in [0.717, 1.165) is 21.6 Å². The molecular weight excluding hydrogens is 428 g/mol. The Morgan fingerprint density at radius 3 is 2.58 bits per heavy atom. The molecule has 162 valence electrons. The zero-order valence-electron chi connectivity index (χ0n) is 16.7. The van der Waals surface area contributed by atoms with E-state index in [4.69, 9.17) is 21.1 Å². The third-order valence-electron chi connectivity index (χ3n) is 5.14. The highest BCUT2D eigenvalue weighted by Gasteiger charge is 2.46. The predicted octanol–water partition coefficient (Wildman–Crippen LogP) is 4.52. The molecule has 2 aliphatic heterocycles. The second kappa shape index (κ2) is 8.30. The van der Waals surface area contributed by atoms with Crippen LogP contribution in [0.15, 0.2) is 48.6 Å². The van der Waals surface area contributed by atoms with E-state index in [9.17, 15) is 18.4 Å². The molecule has 1 unspecified atom stereocenters. The number of benzene rings is 2. The Labute approximate surface area is 183 Å². The van der Waals surface area contributed by atoms with Crippen molar-refractivity contribution in [1.29, 1.82) is 0 Å². The van der Waals surface area contributed by atoms with Crippen molar-refractivity contribution in [1.82, 2.24) is 4.90 Å². The van der Waals surface area contributed by atoms with E-state index in [2.05, 4.69) is 0 Å². The molecule has 31 heavy (non-hydrogen) atoms. The van der Waals surface area contributed by atoms with Gasteiger partial charge in [0.25, 0.3) is 11.8 Å². The molecule has 1 amide bonds. The second-order valence-corrected chi connectivity index (χ2v) is 7.92. The van der Waals surface area contributed by atoms with Crippen LogP contribution in [0.2, 0.25) is 5.02 Å². The highest BCUT2D eigenvalue weighted by atomic mass is 35.5. The average Bonchev–Trinajstić information content (AvgIpc) is 3.14. The minimum atomic E-state index is -2.79. The summed E-state index contributed by atoms with van der Waals surface area (Å²) in [4.78, 5) is 24.9. The van der Waals surface area contributed by atoms with Gasteiger partial charge in [-0.05, 0) is 48.4 Å². The van der Waals surface area contributed by atoms with E-state index in [1.54, 1.807) is 43.3 Å². The highest BCUT2D eigenvalue weighted by molar-refractivity contribution is 6.32. The summed E-state index contributed by atoms with van der Waals surface area (Å²) in [7, 11) is 0. The SMILES string of the molecule is CCOC(=O)C=CC1Cc2cc(-c3ccc(C(=O)N4CC(F)(F)C4)cc3)cc(Cl)c2O1. The van der Waals surface area contributed by atoms with Crippen molar-refractivity contribution in [3.05, 3.63) is 64.7 Å². The fourth-order valence-electron chi connectivity index (χ4n) is 3.64. The standard InChI is InChI=1S/C23H20ClF2NO4/c1-2-30-20(28)8-7-18-10-17-9-16(11-19(24)21(17)31-18)14-3-5-15(6-4-14)22(29)27-12-23(25,26)13-27/h3-9,11,18H,2,10,12-13H2,1H3. The first-order valence-corrected chi connectivity index (χ1v) is 10.2. The lowest BCUT2D eigenvalue weighted by Crippen LogP contribution is -2.58. The van der Waals surface area contributed by atoms with Crippen LogP contribution in [0.4, 0.5) is 8.78 Å². The summed E-state index contributed by atoms with van der Waals surface area (Å²) < 4.78 is 36.7. The molecule has 2 aliphatic rings. The summed E-state index contributed by atoms with van der Waals surface area (Å²) in [5.41, 5.74) is 2.94. The molecule has 2 heterocycles. The van der Waals surface area contributed by atoms with Crippen molar-refractivity contribution >= 4 is 23.5 Å². The van der Waals surface area contributed by atoms with Crippen LogP contribution in [-0.2, 0) is 16.0 Å². The first-order chi connectivity index (χ1) is 14.8. The largest absolute Gasteiger partial charge is 0.484 e. The number of hydrogen-bond acceptors (Lipinski definition) is 4. The van der Waals surface area contributed by atoms with Crippen LogP contribution in [0.5, 0.6) is 5.75 Å². The van der Waals surface area contributed by atoms with Crippen LogP contribution in [0.3, 0.4) is 0 Å². The summed E-state index contributed by atoms with van der Waals surface area (Å²) in [5, 5.41) is 0.447. The summed E-state index contributed by atoms with van der Waals surface area (Å²) in [6.45, 7) is 0.958. The highest BCUT2D eigenvalue weighted by Crippen LogP contribution is 2.40. The maximum absolute atomic E-state index is 13.0. The number of carbonyl (C=O) groups excluding carboxylic acids is 2. The molecule has 0 spiro atoms. The number of ether oxygens (including phenoxy) is 2. The van der Waals surface area contributed by atoms with Gasteiger partial charge in [0.2, 0.25) is 0 Å². The number of carbonyl (C=O) groups is 2. The van der Waals surface area contributed by atoms with E-state index < -0.39 is 30.9 Å². The van der Waals surface area contributed by atoms with E-state index >= 15 is 0 Å². The summed E-state index contributed by atoms with van der Waals surface area (Å²) in [6, 6.07) is 10.5. The molecule has 4 rings (SSSR count). The molecule has 0 aliphatic carbocycles. The van der Waals surface area contributed by atoms with Gasteiger partial charge in [-0.1, -0.05) is 23.7 Å². The van der Waals surface area contributed by atoms with Gasteiger partial charge in [-0.25, -0.2) is 13.6 Å². The molecule has 0 aromatic heterocycles. The third-order valence-corrected chi connectivity index (χ3v) is 5.42. The molecular formula is C23H20ClF2NO4. The summed E-state index contributed by atoms with van der Waals surface area (Å²) in [5.74, 6) is -3.05. The van der Waals surface area contributed by atoms with Crippen molar-refractivity contribution in [3.8, 4) is 16.9 Å². The fourth-order valence-corrected chi connectivity index (χ4v) is 3.92. The first kappa shape index (κ1) is 21.3. The Morgan fingerprint density at radius 2 is 1.94 bits per heavy atom. The number of rotatable bonds is 5. The van der Waals surface area contributed by atoms with Gasteiger partial charge in [0.05, 0.1) is 24.7 Å². The number of alkyl halides is 2. The lowest BCUT2D eigenvalue weighted by atomic mass is 9.99. The maximum atomic E-state index is 13.0. The Bertz CT molecular complexity index is 1040. The molecule has 0 saturated carbocycles. The Kier molecular flexibility index (Phi) is 5.71. The second-order valence-electron chi connectivity index (χ2n) is 7.51. The molecule has 0 radical (unpaired) electrons. The van der Waals surface area contributed by atoms with Crippen LogP contribution in [0.25, 0.3) is 11.1 Å². The molecule has 1 atom stereocenters. The van der Waals surface area contributed by atoms with Crippen molar-refractivity contribution in [3.63, 3.8) is 0 Å². The molecule has 0 N–H and O–H groups in total. The molecule has 1 saturated heterocycles. The van der Waals surface area contributed by atoms with E-state index in [1.165, 1.54) is 6.08 Å². The van der Waals surface area contributed by atoms with Gasteiger partial charge in [-0.3, -0.25) is 4.79 Å². The Hall–Kier alpha value is -2.93. The van der Waals surface area contributed by atoms with Gasteiger partial charge in [0.1, 0.15) is 11.9 Å². The normalized spacial score (nSPS) is 19.0. The number of fused-ring (bicyclic) bond motifs is 1. The van der Waals surface area contributed by atoms with Gasteiger partial charge in [0, 0.05) is 23.6 Å². The lowest BCUT2D eigenvalue weighted by molar-refractivity contribution is -0.137. The van der Waals surface area contributed by atoms with Crippen LogP contribution < -0.4 is 4.74 Å². The van der Waals surface area contributed by atoms with Crippen LogP contribution in [0, 0.1) is 0 Å². The minimum Gasteiger partial charge on any atom is -0.484 e. The average molecular weight is 448 g/mol. The molecule has 8 heteroatoms. The Balaban J connectivity index is 1.47. The smallest absolute Gasteiger partial charge is 0.330 e. The molecule has 2 aromatic rings. The third kappa shape index (κ3) is 4.56. The Morgan fingerprint density at radius 1 is 1.23 bits per heavy atom. The quantitative estimate of drug-likeness (QED) is 0.499. The number of halogens is 3. The van der Waals surface area contributed by atoms with Gasteiger partial charge in [-0.2, -0.15) is 0 Å². The molecule has 5 nitrogen and oxygen atoms in total. The van der Waals surface area contributed by atoms with Crippen LogP contribution in [-0.4, -0.2) is 48.5 Å². The molecule has 2 aromatic carbocycles. The minimum absolute atomic E-state index is 0.305. The van der Waals surface area contributed by atoms with Gasteiger partial charge in [-0.15, -0.1) is 0 Å². The van der Waals surface area contributed by atoms with E-state index in [1.807, 2.05) is 6.07 Å². The fraction of sp³-hybridized carbons (Fsp3) is 0.304. The monoisotopic (exact) mass is 447 g/mol. The van der Waals surface area contributed by atoms with Crippen molar-refractivity contribution < 1.29 is 27.8 Å². The maximum Gasteiger partial charge on any atom is 0.330 e. The zero-order chi connectivity index (χ0) is 22.2. The van der Waals surface area contributed by atoms with Gasteiger partial charge >= 0.3 is 5.97 Å². The number of amides is 1.